The van der Waals surface area contributed by atoms with Crippen molar-refractivity contribution >= 4 is 17.6 Å². The van der Waals surface area contributed by atoms with Gasteiger partial charge in [0.1, 0.15) is 6.04 Å². The van der Waals surface area contributed by atoms with Crippen LogP contribution in [0.1, 0.15) is 24.0 Å². The molecule has 138 valence electrons. The molecule has 2 heterocycles. The largest absolute Gasteiger partial charge is 1.00 e. The molecule has 0 spiro atoms. The van der Waals surface area contributed by atoms with Crippen molar-refractivity contribution < 1.29 is 44.3 Å². The first-order valence-electron chi connectivity index (χ1n) is 8.77. The van der Waals surface area contributed by atoms with Crippen LogP contribution in [0.2, 0.25) is 0 Å². The maximum atomic E-state index is 12.7. The minimum atomic E-state index is -1.16. The third-order valence-corrected chi connectivity index (χ3v) is 4.74. The molecule has 0 radical (unpaired) electrons. The van der Waals surface area contributed by atoms with Crippen LogP contribution in [0.5, 0.6) is 0 Å². The fourth-order valence-corrected chi connectivity index (χ4v) is 3.52. The summed E-state index contributed by atoms with van der Waals surface area (Å²) >= 11 is 0. The predicted octanol–water partition coefficient (Wildman–Crippen LogP) is -2.82. The number of hydrogen-bond donors (Lipinski definition) is 1. The molecular formula is C19H23N4NaO3. The minimum Gasteiger partial charge on any atom is -0.548 e. The number of carboxylic acids is 1. The minimum absolute atomic E-state index is 0. The molecule has 0 bridgehead atoms. The van der Waals surface area contributed by atoms with Gasteiger partial charge in [-0.15, -0.1) is 0 Å². The predicted molar refractivity (Wildman–Crippen MR) is 95.4 cm³/mol. The molecule has 1 saturated heterocycles. The maximum absolute atomic E-state index is 12.7. The van der Waals surface area contributed by atoms with Crippen LogP contribution in [-0.2, 0) is 23.1 Å². The summed E-state index contributed by atoms with van der Waals surface area (Å²) in [6, 6.07) is 6.81. The van der Waals surface area contributed by atoms with E-state index in [9.17, 15) is 14.7 Å². The van der Waals surface area contributed by atoms with E-state index in [1.807, 2.05) is 25.1 Å². The zero-order valence-corrected chi connectivity index (χ0v) is 18.0. The first kappa shape index (κ1) is 21.5. The molecule has 1 aliphatic heterocycles. The van der Waals surface area contributed by atoms with Crippen LogP contribution in [0.15, 0.2) is 36.7 Å². The molecule has 1 amide bonds. The zero-order chi connectivity index (χ0) is 18.7. The van der Waals surface area contributed by atoms with Gasteiger partial charge >= 0.3 is 29.6 Å². The zero-order valence-electron chi connectivity index (χ0n) is 16.0. The Kier molecular flexibility index (Phi) is 7.47. The molecule has 1 aromatic heterocycles. The van der Waals surface area contributed by atoms with E-state index in [0.29, 0.717) is 25.1 Å². The Morgan fingerprint density at radius 1 is 1.30 bits per heavy atom. The van der Waals surface area contributed by atoms with E-state index >= 15 is 0 Å². The number of aliphatic carboxylic acids is 1. The first-order chi connectivity index (χ1) is 12.5. The number of carbonyl (C=O) groups excluding carboxylic acids is 2. The Morgan fingerprint density at radius 2 is 2.04 bits per heavy atom. The molecule has 1 aromatic carbocycles. The van der Waals surface area contributed by atoms with E-state index in [1.165, 1.54) is 5.56 Å². The maximum Gasteiger partial charge on any atom is 1.00 e. The summed E-state index contributed by atoms with van der Waals surface area (Å²) in [5, 5.41) is 18.5. The van der Waals surface area contributed by atoms with E-state index in [1.54, 1.807) is 29.0 Å². The van der Waals surface area contributed by atoms with Crippen LogP contribution in [0.4, 0.5) is 5.69 Å². The van der Waals surface area contributed by atoms with Gasteiger partial charge in [-0.3, -0.25) is 9.48 Å². The summed E-state index contributed by atoms with van der Waals surface area (Å²) in [5.41, 5.74) is 2.97. The standard InChI is InChI=1S/C19H24N4O3.Na/c1-13-4-3-5-14(10-13)8-9-20-18(24)16-6-7-17(19(25)26)23(16)15-11-21-22(2)12-15;/h3-5,10-12,16-17H,6-9H2,1-2H3,(H,20,24)(H,25,26);/q;+1/p-1. The average molecular weight is 378 g/mol. The van der Waals surface area contributed by atoms with E-state index < -0.39 is 18.1 Å². The number of anilines is 1. The fraction of sp³-hybridized carbons (Fsp3) is 0.421. The Morgan fingerprint density at radius 3 is 2.67 bits per heavy atom. The summed E-state index contributed by atoms with van der Waals surface area (Å²) in [6.07, 6.45) is 4.89. The second kappa shape index (κ2) is 9.39. The van der Waals surface area contributed by atoms with Crippen LogP contribution in [0.25, 0.3) is 0 Å². The third-order valence-electron chi connectivity index (χ3n) is 4.74. The Labute approximate surface area is 181 Å². The Balaban J connectivity index is 0.00000261. The SMILES string of the molecule is Cc1cccc(CCNC(=O)C2CCC(C(=O)[O-])N2c2cnn(C)c2)c1.[Na+]. The molecule has 1 aliphatic rings. The second-order valence-corrected chi connectivity index (χ2v) is 6.74. The molecule has 27 heavy (non-hydrogen) atoms. The summed E-state index contributed by atoms with van der Waals surface area (Å²) in [4.78, 5) is 25.8. The molecule has 2 unspecified atom stereocenters. The molecule has 7 nitrogen and oxygen atoms in total. The van der Waals surface area contributed by atoms with Crippen molar-refractivity contribution in [3.63, 3.8) is 0 Å². The average Bonchev–Trinajstić information content (AvgIpc) is 3.20. The van der Waals surface area contributed by atoms with Gasteiger partial charge in [-0.2, -0.15) is 5.10 Å². The third kappa shape index (κ3) is 5.12. The molecule has 2 aromatic rings. The van der Waals surface area contributed by atoms with Crippen molar-refractivity contribution in [1.29, 1.82) is 0 Å². The molecule has 0 aliphatic carbocycles. The number of carboxylic acid groups (broad SMARTS) is 1. The number of nitrogens with one attached hydrogen (secondary N) is 1. The normalized spacial score (nSPS) is 18.8. The van der Waals surface area contributed by atoms with Gasteiger partial charge in [0, 0.05) is 19.8 Å². The van der Waals surface area contributed by atoms with Crippen molar-refractivity contribution in [2.24, 2.45) is 7.05 Å². The van der Waals surface area contributed by atoms with Crippen molar-refractivity contribution in [2.45, 2.75) is 38.3 Å². The number of rotatable bonds is 6. The Bertz CT molecular complexity index is 808. The molecule has 0 saturated carbocycles. The molecular weight excluding hydrogens is 355 g/mol. The first-order valence-corrected chi connectivity index (χ1v) is 8.77. The van der Waals surface area contributed by atoms with Crippen LogP contribution in [0, 0.1) is 6.92 Å². The van der Waals surface area contributed by atoms with Crippen molar-refractivity contribution in [1.82, 2.24) is 15.1 Å². The Hall–Kier alpha value is -1.83. The summed E-state index contributed by atoms with van der Waals surface area (Å²) in [7, 11) is 1.75. The van der Waals surface area contributed by atoms with E-state index in [2.05, 4.69) is 16.5 Å². The molecule has 1 N–H and O–H groups in total. The number of aromatic nitrogens is 2. The van der Waals surface area contributed by atoms with Gasteiger partial charge in [-0.1, -0.05) is 29.8 Å². The van der Waals surface area contributed by atoms with Crippen LogP contribution < -0.4 is 44.9 Å². The van der Waals surface area contributed by atoms with Gasteiger partial charge in [0.2, 0.25) is 5.91 Å². The van der Waals surface area contributed by atoms with Gasteiger partial charge in [0.15, 0.2) is 0 Å². The van der Waals surface area contributed by atoms with Gasteiger partial charge in [-0.05, 0) is 31.7 Å². The van der Waals surface area contributed by atoms with E-state index in [0.717, 1.165) is 12.0 Å². The summed E-state index contributed by atoms with van der Waals surface area (Å²) in [6.45, 7) is 2.54. The summed E-state index contributed by atoms with van der Waals surface area (Å²) < 4.78 is 1.59. The molecule has 1 fully saturated rings. The molecule has 2 atom stereocenters. The van der Waals surface area contributed by atoms with Gasteiger partial charge in [0.05, 0.1) is 23.9 Å². The smallest absolute Gasteiger partial charge is 0.548 e. The van der Waals surface area contributed by atoms with Crippen molar-refractivity contribution in [3.8, 4) is 0 Å². The number of nitrogens with zero attached hydrogens (tertiary/aromatic N) is 3. The molecule has 3 rings (SSSR count). The van der Waals surface area contributed by atoms with Gasteiger partial charge < -0.3 is 20.1 Å². The topological polar surface area (TPSA) is 90.3 Å². The number of benzene rings is 1. The monoisotopic (exact) mass is 378 g/mol. The number of amides is 1. The van der Waals surface area contributed by atoms with Crippen molar-refractivity contribution in [2.75, 3.05) is 11.4 Å². The summed E-state index contributed by atoms with van der Waals surface area (Å²) in [5.74, 6) is -1.32. The second-order valence-electron chi connectivity index (χ2n) is 6.74. The number of carbonyl (C=O) groups is 2. The van der Waals surface area contributed by atoms with Crippen molar-refractivity contribution in [3.05, 3.63) is 47.8 Å². The fourth-order valence-electron chi connectivity index (χ4n) is 3.52. The molecule has 8 heteroatoms. The van der Waals surface area contributed by atoms with Crippen LogP contribution in [-0.4, -0.2) is 40.3 Å². The van der Waals surface area contributed by atoms with Gasteiger partial charge in [0.25, 0.3) is 0 Å². The quantitative estimate of drug-likeness (QED) is 0.548. The van der Waals surface area contributed by atoms with Gasteiger partial charge in [-0.25, -0.2) is 0 Å². The number of aryl methyl sites for hydroxylation is 2. The van der Waals surface area contributed by atoms with Crippen LogP contribution in [0.3, 0.4) is 0 Å². The van der Waals surface area contributed by atoms with E-state index in [-0.39, 0.29) is 35.5 Å². The number of hydrogen-bond acceptors (Lipinski definition) is 5. The van der Waals surface area contributed by atoms with Crippen LogP contribution >= 0.6 is 0 Å². The van der Waals surface area contributed by atoms with E-state index in [4.69, 9.17) is 0 Å².